The summed E-state index contributed by atoms with van der Waals surface area (Å²) in [7, 11) is 5.63. The normalized spacial score (nSPS) is 15.7. The molecule has 0 unspecified atom stereocenters. The first-order chi connectivity index (χ1) is 13.9. The number of aromatic nitrogens is 2. The van der Waals surface area contributed by atoms with Gasteiger partial charge in [-0.15, -0.1) is 0 Å². The van der Waals surface area contributed by atoms with Crippen molar-refractivity contribution in [3.05, 3.63) is 59.4 Å². The highest BCUT2D eigenvalue weighted by atomic mass is 16.2. The van der Waals surface area contributed by atoms with Gasteiger partial charge in [0, 0.05) is 56.2 Å². The van der Waals surface area contributed by atoms with Gasteiger partial charge in [0.15, 0.2) is 0 Å². The third-order valence-electron chi connectivity index (χ3n) is 6.07. The number of hydrogen-bond donors (Lipinski definition) is 1. The molecular weight excluding hydrogens is 362 g/mol. The first kappa shape index (κ1) is 19.5. The quantitative estimate of drug-likeness (QED) is 0.741. The molecule has 2 N–H and O–H groups in total. The lowest BCUT2D eigenvalue weighted by Gasteiger charge is -2.32. The molecule has 0 spiro atoms. The summed E-state index contributed by atoms with van der Waals surface area (Å²) in [5.74, 6) is 0.607. The smallest absolute Gasteiger partial charge is 0.253 e. The summed E-state index contributed by atoms with van der Waals surface area (Å²) in [5, 5.41) is 1.03. The largest absolute Gasteiger partial charge is 0.398 e. The van der Waals surface area contributed by atoms with Crippen LogP contribution in [0.1, 0.15) is 40.4 Å². The molecule has 0 saturated carbocycles. The van der Waals surface area contributed by atoms with Crippen LogP contribution < -0.4 is 5.73 Å². The molecule has 1 aromatic carbocycles. The van der Waals surface area contributed by atoms with Crippen molar-refractivity contribution in [2.24, 2.45) is 7.05 Å². The number of anilines is 1. The van der Waals surface area contributed by atoms with Gasteiger partial charge in [0.05, 0.1) is 0 Å². The maximum absolute atomic E-state index is 12.1. The van der Waals surface area contributed by atoms with Gasteiger partial charge in [-0.05, 0) is 61.7 Å². The fourth-order valence-electron chi connectivity index (χ4n) is 4.25. The Morgan fingerprint density at radius 2 is 1.86 bits per heavy atom. The lowest BCUT2D eigenvalue weighted by atomic mass is 9.89. The number of nitrogens with two attached hydrogens (primary N) is 1. The number of nitrogen functional groups attached to an aromatic ring is 1. The van der Waals surface area contributed by atoms with Gasteiger partial charge in [-0.2, -0.15) is 0 Å². The number of amides is 1. The van der Waals surface area contributed by atoms with Crippen molar-refractivity contribution < 1.29 is 4.79 Å². The topological polar surface area (TPSA) is 67.4 Å². The van der Waals surface area contributed by atoms with Crippen LogP contribution in [0.3, 0.4) is 0 Å². The summed E-state index contributed by atoms with van der Waals surface area (Å²) in [6.45, 7) is 3.04. The summed E-state index contributed by atoms with van der Waals surface area (Å²) in [6, 6.07) is 12.2. The summed E-state index contributed by atoms with van der Waals surface area (Å²) < 4.78 is 2.15. The van der Waals surface area contributed by atoms with E-state index in [-0.39, 0.29) is 5.91 Å². The predicted octanol–water partition coefficient (Wildman–Crippen LogP) is 3.24. The van der Waals surface area contributed by atoms with Crippen molar-refractivity contribution >= 4 is 22.6 Å². The van der Waals surface area contributed by atoms with Crippen molar-refractivity contribution in [3.63, 3.8) is 0 Å². The number of likely N-dealkylation sites (tertiary alicyclic amines) is 1. The maximum atomic E-state index is 12.1. The van der Waals surface area contributed by atoms with Gasteiger partial charge in [0.2, 0.25) is 0 Å². The minimum Gasteiger partial charge on any atom is -0.398 e. The van der Waals surface area contributed by atoms with E-state index in [0.29, 0.717) is 5.92 Å². The first-order valence-electron chi connectivity index (χ1n) is 10.2. The Bertz CT molecular complexity index is 1010. The van der Waals surface area contributed by atoms with Gasteiger partial charge < -0.3 is 15.2 Å². The van der Waals surface area contributed by atoms with Gasteiger partial charge in [-0.25, -0.2) is 4.98 Å². The van der Waals surface area contributed by atoms with Crippen LogP contribution in [0.4, 0.5) is 5.69 Å². The average Bonchev–Trinajstić information content (AvgIpc) is 3.05. The summed E-state index contributed by atoms with van der Waals surface area (Å²) >= 11 is 0. The molecule has 0 bridgehead atoms. The van der Waals surface area contributed by atoms with Gasteiger partial charge in [0.25, 0.3) is 5.91 Å². The standard InChI is InChI=1S/C23H29N5O/c1-26(2)23(29)18-6-4-16(5-7-18)17-9-12-28(13-10-17)15-19-14-20-21(24)8-11-25-22(20)27(19)3/h4-8,11,14,17H,9-10,12-13,15H2,1-3H3,(H2,24,25). The highest BCUT2D eigenvalue weighted by molar-refractivity contribution is 5.93. The highest BCUT2D eigenvalue weighted by Crippen LogP contribution is 2.30. The van der Waals surface area contributed by atoms with Crippen molar-refractivity contribution in [2.75, 3.05) is 32.9 Å². The molecule has 2 aromatic heterocycles. The van der Waals surface area contributed by atoms with E-state index in [4.69, 9.17) is 5.73 Å². The van der Waals surface area contributed by atoms with E-state index in [1.165, 1.54) is 11.3 Å². The Balaban J connectivity index is 1.39. The molecule has 4 rings (SSSR count). The molecule has 3 heterocycles. The van der Waals surface area contributed by atoms with Crippen LogP contribution in [-0.4, -0.2) is 52.4 Å². The summed E-state index contributed by atoms with van der Waals surface area (Å²) in [6.07, 6.45) is 4.03. The molecule has 29 heavy (non-hydrogen) atoms. The lowest BCUT2D eigenvalue weighted by molar-refractivity contribution is 0.0827. The molecule has 1 saturated heterocycles. The van der Waals surface area contributed by atoms with E-state index in [1.807, 2.05) is 18.2 Å². The van der Waals surface area contributed by atoms with Gasteiger partial charge in [-0.3, -0.25) is 9.69 Å². The van der Waals surface area contributed by atoms with Crippen molar-refractivity contribution in [1.29, 1.82) is 0 Å². The van der Waals surface area contributed by atoms with Gasteiger partial charge in [0.1, 0.15) is 5.65 Å². The lowest BCUT2D eigenvalue weighted by Crippen LogP contribution is -2.33. The maximum Gasteiger partial charge on any atom is 0.253 e. The van der Waals surface area contributed by atoms with Crippen LogP contribution >= 0.6 is 0 Å². The molecule has 6 heteroatoms. The molecule has 6 nitrogen and oxygen atoms in total. The Kier molecular flexibility index (Phi) is 5.28. The third kappa shape index (κ3) is 3.85. The Hall–Kier alpha value is -2.86. The fourth-order valence-corrected chi connectivity index (χ4v) is 4.25. The van der Waals surface area contributed by atoms with Crippen molar-refractivity contribution in [1.82, 2.24) is 19.4 Å². The van der Waals surface area contributed by atoms with E-state index in [2.05, 4.69) is 39.7 Å². The van der Waals surface area contributed by atoms with Crippen molar-refractivity contribution in [3.8, 4) is 0 Å². The minimum absolute atomic E-state index is 0.0523. The average molecular weight is 392 g/mol. The molecule has 0 radical (unpaired) electrons. The third-order valence-corrected chi connectivity index (χ3v) is 6.07. The van der Waals surface area contributed by atoms with Crippen LogP contribution in [-0.2, 0) is 13.6 Å². The monoisotopic (exact) mass is 391 g/mol. The van der Waals surface area contributed by atoms with Crippen LogP contribution in [0, 0.1) is 0 Å². The second-order valence-corrected chi connectivity index (χ2v) is 8.20. The number of carbonyl (C=O) groups excluding carboxylic acids is 1. The van der Waals surface area contributed by atoms with E-state index in [1.54, 1.807) is 25.2 Å². The Morgan fingerprint density at radius 3 is 2.48 bits per heavy atom. The number of fused-ring (bicyclic) bond motifs is 1. The van der Waals surface area contributed by atoms with Crippen LogP contribution in [0.2, 0.25) is 0 Å². The number of rotatable bonds is 4. The second-order valence-electron chi connectivity index (χ2n) is 8.20. The Morgan fingerprint density at radius 1 is 1.17 bits per heavy atom. The van der Waals surface area contributed by atoms with Crippen molar-refractivity contribution in [2.45, 2.75) is 25.3 Å². The zero-order valence-corrected chi connectivity index (χ0v) is 17.4. The zero-order valence-electron chi connectivity index (χ0n) is 17.4. The molecule has 1 fully saturated rings. The van der Waals surface area contributed by atoms with Crippen LogP contribution in [0.5, 0.6) is 0 Å². The number of nitrogens with zero attached hydrogens (tertiary/aromatic N) is 4. The molecule has 1 amide bonds. The SMILES string of the molecule is CN(C)C(=O)c1ccc(C2CCN(Cc3cc4c(N)ccnc4n3C)CC2)cc1. The van der Waals surface area contributed by atoms with E-state index in [0.717, 1.165) is 54.8 Å². The molecular formula is C23H29N5O. The molecule has 0 aliphatic carbocycles. The summed E-state index contributed by atoms with van der Waals surface area (Å²) in [5.41, 5.74) is 11.2. The highest BCUT2D eigenvalue weighted by Gasteiger charge is 2.22. The molecule has 0 atom stereocenters. The predicted molar refractivity (Wildman–Crippen MR) is 117 cm³/mol. The molecule has 152 valence electrons. The number of aryl methyl sites for hydroxylation is 1. The van der Waals surface area contributed by atoms with E-state index < -0.39 is 0 Å². The number of benzene rings is 1. The summed E-state index contributed by atoms with van der Waals surface area (Å²) in [4.78, 5) is 20.7. The number of pyridine rings is 1. The first-order valence-corrected chi connectivity index (χ1v) is 10.2. The minimum atomic E-state index is 0.0523. The number of hydrogen-bond acceptors (Lipinski definition) is 4. The molecule has 3 aromatic rings. The van der Waals surface area contributed by atoms with Crippen LogP contribution in [0.15, 0.2) is 42.6 Å². The van der Waals surface area contributed by atoms with Crippen LogP contribution in [0.25, 0.3) is 11.0 Å². The van der Waals surface area contributed by atoms with Gasteiger partial charge in [-0.1, -0.05) is 12.1 Å². The van der Waals surface area contributed by atoms with E-state index in [9.17, 15) is 4.79 Å². The van der Waals surface area contributed by atoms with Gasteiger partial charge >= 0.3 is 0 Å². The fraction of sp³-hybridized carbons (Fsp3) is 0.391. The Labute approximate surface area is 171 Å². The second kappa shape index (κ2) is 7.87. The number of carbonyl (C=O) groups is 1. The zero-order chi connectivity index (χ0) is 20.5. The number of piperidine rings is 1. The molecule has 1 aliphatic heterocycles. The molecule has 1 aliphatic rings. The van der Waals surface area contributed by atoms with E-state index >= 15 is 0 Å².